The van der Waals surface area contributed by atoms with Crippen LogP contribution in [0.1, 0.15) is 15.9 Å². The summed E-state index contributed by atoms with van der Waals surface area (Å²) < 4.78 is 0. The number of nitrogens with zero attached hydrogens (tertiary/aromatic N) is 4. The summed E-state index contributed by atoms with van der Waals surface area (Å²) >= 11 is 0. The Hall–Kier alpha value is -3.41. The number of carbonyl (C=O) groups excluding carboxylic acids is 1. The number of carbonyl (C=O) groups is 1. The molecule has 0 aliphatic carbocycles. The monoisotopic (exact) mass is 331 g/mol. The van der Waals surface area contributed by atoms with Crippen molar-refractivity contribution in [1.29, 1.82) is 0 Å². The Morgan fingerprint density at radius 3 is 2.64 bits per heavy atom. The van der Waals surface area contributed by atoms with E-state index in [0.29, 0.717) is 23.6 Å². The normalized spacial score (nSPS) is 13.2. The van der Waals surface area contributed by atoms with Crippen LogP contribution in [0.3, 0.4) is 0 Å². The Morgan fingerprint density at radius 1 is 1.04 bits per heavy atom. The Morgan fingerprint density at radius 2 is 1.84 bits per heavy atom. The standard InChI is InChI=1S/C19H17N5O/c1-23-17-11-14(20)7-8-16(17)24(12-13-5-3-2-4-6-13)18-15(19(23)25)9-10-21-22-18/h2-11H,12,20H2,1H3. The molecule has 124 valence electrons. The van der Waals surface area contributed by atoms with E-state index in [1.54, 1.807) is 18.0 Å². The minimum atomic E-state index is -0.132. The Labute approximate surface area is 145 Å². The molecule has 2 N–H and O–H groups in total. The zero-order valence-corrected chi connectivity index (χ0v) is 13.8. The maximum absolute atomic E-state index is 12.9. The van der Waals surface area contributed by atoms with Crippen LogP contribution in [0.5, 0.6) is 0 Å². The minimum absolute atomic E-state index is 0.132. The quantitative estimate of drug-likeness (QED) is 0.731. The molecule has 2 aromatic carbocycles. The molecule has 4 rings (SSSR count). The lowest BCUT2D eigenvalue weighted by molar-refractivity contribution is 0.0994. The van der Waals surface area contributed by atoms with Gasteiger partial charge in [-0.1, -0.05) is 30.3 Å². The van der Waals surface area contributed by atoms with Crippen LogP contribution in [-0.2, 0) is 6.54 Å². The largest absolute Gasteiger partial charge is 0.399 e. The molecule has 0 saturated carbocycles. The molecule has 6 nitrogen and oxygen atoms in total. The first-order valence-corrected chi connectivity index (χ1v) is 7.96. The van der Waals surface area contributed by atoms with Crippen molar-refractivity contribution in [1.82, 2.24) is 10.2 Å². The van der Waals surface area contributed by atoms with Gasteiger partial charge in [-0.2, -0.15) is 5.10 Å². The summed E-state index contributed by atoms with van der Waals surface area (Å²) in [5, 5.41) is 8.25. The van der Waals surface area contributed by atoms with Gasteiger partial charge in [-0.3, -0.25) is 4.79 Å². The average Bonchev–Trinajstić information content (AvgIpc) is 2.73. The molecule has 0 bridgehead atoms. The summed E-state index contributed by atoms with van der Waals surface area (Å²) in [5.74, 6) is 0.416. The molecule has 1 amide bonds. The summed E-state index contributed by atoms with van der Waals surface area (Å²) in [6, 6.07) is 17.3. The van der Waals surface area contributed by atoms with Crippen LogP contribution < -0.4 is 15.5 Å². The molecule has 0 spiro atoms. The fourth-order valence-electron chi connectivity index (χ4n) is 3.06. The molecule has 6 heteroatoms. The fraction of sp³-hybridized carbons (Fsp3) is 0.105. The summed E-state index contributed by atoms with van der Waals surface area (Å²) in [4.78, 5) is 16.5. The van der Waals surface area contributed by atoms with E-state index in [4.69, 9.17) is 5.73 Å². The summed E-state index contributed by atoms with van der Waals surface area (Å²) in [6.07, 6.45) is 1.54. The number of aromatic nitrogens is 2. The van der Waals surface area contributed by atoms with Gasteiger partial charge in [0, 0.05) is 19.3 Å². The average molecular weight is 331 g/mol. The molecule has 1 aliphatic rings. The minimum Gasteiger partial charge on any atom is -0.399 e. The van der Waals surface area contributed by atoms with Crippen molar-refractivity contribution < 1.29 is 4.79 Å². The van der Waals surface area contributed by atoms with Gasteiger partial charge >= 0.3 is 0 Å². The van der Waals surface area contributed by atoms with Crippen molar-refractivity contribution in [3.63, 3.8) is 0 Å². The molecule has 0 fully saturated rings. The van der Waals surface area contributed by atoms with E-state index in [1.165, 1.54) is 6.20 Å². The van der Waals surface area contributed by atoms with Crippen LogP contribution in [0.2, 0.25) is 0 Å². The zero-order valence-electron chi connectivity index (χ0n) is 13.8. The zero-order chi connectivity index (χ0) is 17.4. The predicted octanol–water partition coefficient (Wildman–Crippen LogP) is 2.99. The second-order valence-electron chi connectivity index (χ2n) is 5.95. The fourth-order valence-corrected chi connectivity index (χ4v) is 3.06. The van der Waals surface area contributed by atoms with Crippen LogP contribution in [0.15, 0.2) is 60.8 Å². The van der Waals surface area contributed by atoms with Crippen LogP contribution in [0.4, 0.5) is 22.9 Å². The van der Waals surface area contributed by atoms with E-state index in [-0.39, 0.29) is 5.91 Å². The van der Waals surface area contributed by atoms with Gasteiger partial charge in [-0.25, -0.2) is 0 Å². The number of hydrogen-bond donors (Lipinski definition) is 1. The highest BCUT2D eigenvalue weighted by molar-refractivity contribution is 6.13. The van der Waals surface area contributed by atoms with E-state index in [1.807, 2.05) is 53.4 Å². The van der Waals surface area contributed by atoms with Crippen LogP contribution in [0.25, 0.3) is 0 Å². The van der Waals surface area contributed by atoms with E-state index < -0.39 is 0 Å². The van der Waals surface area contributed by atoms with E-state index in [2.05, 4.69) is 10.2 Å². The van der Waals surface area contributed by atoms with Gasteiger partial charge in [-0.15, -0.1) is 5.10 Å². The van der Waals surface area contributed by atoms with Gasteiger partial charge in [0.15, 0.2) is 5.82 Å². The summed E-state index contributed by atoms with van der Waals surface area (Å²) in [5.41, 5.74) is 9.81. The van der Waals surface area contributed by atoms with E-state index in [9.17, 15) is 4.79 Å². The van der Waals surface area contributed by atoms with Gasteiger partial charge in [0.25, 0.3) is 5.91 Å². The summed E-state index contributed by atoms with van der Waals surface area (Å²) in [6.45, 7) is 0.574. The van der Waals surface area contributed by atoms with Gasteiger partial charge in [-0.05, 0) is 29.8 Å². The van der Waals surface area contributed by atoms with Crippen LogP contribution >= 0.6 is 0 Å². The lowest BCUT2D eigenvalue weighted by Crippen LogP contribution is -2.25. The third-order valence-corrected chi connectivity index (χ3v) is 4.33. The van der Waals surface area contributed by atoms with Crippen molar-refractivity contribution in [2.24, 2.45) is 0 Å². The van der Waals surface area contributed by atoms with Crippen molar-refractivity contribution >= 4 is 28.8 Å². The van der Waals surface area contributed by atoms with Crippen molar-refractivity contribution in [2.75, 3.05) is 22.6 Å². The molecular weight excluding hydrogens is 314 g/mol. The molecule has 2 heterocycles. The van der Waals surface area contributed by atoms with Gasteiger partial charge in [0.2, 0.25) is 0 Å². The predicted molar refractivity (Wildman–Crippen MR) is 97.9 cm³/mol. The number of amides is 1. The van der Waals surface area contributed by atoms with Crippen LogP contribution in [0, 0.1) is 0 Å². The van der Waals surface area contributed by atoms with Gasteiger partial charge in [0.05, 0.1) is 23.1 Å². The number of fused-ring (bicyclic) bond motifs is 2. The molecule has 3 aromatic rings. The maximum atomic E-state index is 12.9. The maximum Gasteiger partial charge on any atom is 0.261 e. The molecule has 0 saturated heterocycles. The van der Waals surface area contributed by atoms with E-state index >= 15 is 0 Å². The smallest absolute Gasteiger partial charge is 0.261 e. The van der Waals surface area contributed by atoms with Crippen LogP contribution in [-0.4, -0.2) is 23.2 Å². The van der Waals surface area contributed by atoms with Crippen molar-refractivity contribution in [3.05, 3.63) is 71.9 Å². The molecule has 0 unspecified atom stereocenters. The number of hydrogen-bond acceptors (Lipinski definition) is 5. The van der Waals surface area contributed by atoms with Crippen molar-refractivity contribution in [2.45, 2.75) is 6.54 Å². The van der Waals surface area contributed by atoms with E-state index in [0.717, 1.165) is 16.9 Å². The van der Waals surface area contributed by atoms with Gasteiger partial charge in [0.1, 0.15) is 0 Å². The number of nitrogens with two attached hydrogens (primary N) is 1. The highest BCUT2D eigenvalue weighted by Crippen LogP contribution is 2.40. The molecule has 1 aromatic heterocycles. The molecule has 0 radical (unpaired) electrons. The Balaban J connectivity index is 1.94. The first-order valence-electron chi connectivity index (χ1n) is 7.96. The molecule has 25 heavy (non-hydrogen) atoms. The second-order valence-corrected chi connectivity index (χ2v) is 5.95. The first kappa shape index (κ1) is 15.1. The third-order valence-electron chi connectivity index (χ3n) is 4.33. The highest BCUT2D eigenvalue weighted by atomic mass is 16.2. The first-order chi connectivity index (χ1) is 12.1. The lowest BCUT2D eigenvalue weighted by Gasteiger charge is -2.25. The Bertz CT molecular complexity index is 942. The number of anilines is 4. The highest BCUT2D eigenvalue weighted by Gasteiger charge is 2.30. The lowest BCUT2D eigenvalue weighted by atomic mass is 10.1. The molecular formula is C19H17N5O. The summed E-state index contributed by atoms with van der Waals surface area (Å²) in [7, 11) is 1.75. The van der Waals surface area contributed by atoms with Gasteiger partial charge < -0.3 is 15.5 Å². The number of benzene rings is 2. The number of nitrogen functional groups attached to an aromatic ring is 1. The number of rotatable bonds is 2. The topological polar surface area (TPSA) is 75.4 Å². The SMILES string of the molecule is CN1C(=O)c2ccnnc2N(Cc2ccccc2)c2ccc(N)cc21. The molecule has 0 atom stereocenters. The molecule has 1 aliphatic heterocycles. The third kappa shape index (κ3) is 2.57. The second kappa shape index (κ2) is 5.90. The van der Waals surface area contributed by atoms with Crippen molar-refractivity contribution in [3.8, 4) is 0 Å². The Kier molecular flexibility index (Phi) is 3.57.